The monoisotopic (exact) mass is 296 g/mol. The van der Waals surface area contributed by atoms with Crippen molar-refractivity contribution in [3.8, 4) is 0 Å². The number of nitrogens with one attached hydrogen (secondary N) is 2. The van der Waals surface area contributed by atoms with E-state index in [4.69, 9.17) is 5.11 Å². The maximum atomic E-state index is 11.8. The largest absolute Gasteiger partial charge is 0.481 e. The van der Waals surface area contributed by atoms with E-state index in [1.165, 1.54) is 0 Å². The number of amides is 2. The maximum Gasteiger partial charge on any atom is 0.405 e. The van der Waals surface area contributed by atoms with Crippen LogP contribution in [0.1, 0.15) is 25.7 Å². The number of carboxylic acid groups (broad SMARTS) is 1. The molecule has 0 aromatic carbocycles. The van der Waals surface area contributed by atoms with Crippen molar-refractivity contribution in [1.29, 1.82) is 0 Å². The average Bonchev–Trinajstić information content (AvgIpc) is 2.27. The summed E-state index contributed by atoms with van der Waals surface area (Å²) in [4.78, 5) is 33.5. The van der Waals surface area contributed by atoms with Gasteiger partial charge in [0.15, 0.2) is 0 Å². The first kappa shape index (κ1) is 16.3. The van der Waals surface area contributed by atoms with Crippen molar-refractivity contribution in [3.05, 3.63) is 0 Å². The molecule has 0 unspecified atom stereocenters. The van der Waals surface area contributed by atoms with Crippen LogP contribution in [-0.4, -0.2) is 42.2 Å². The molecule has 114 valence electrons. The zero-order chi connectivity index (χ0) is 15.4. The van der Waals surface area contributed by atoms with Crippen molar-refractivity contribution in [2.75, 3.05) is 13.1 Å². The Morgan fingerprint density at radius 1 is 1.10 bits per heavy atom. The third-order valence-electron chi connectivity index (χ3n) is 3.20. The van der Waals surface area contributed by atoms with Crippen LogP contribution in [-0.2, 0) is 14.4 Å². The van der Waals surface area contributed by atoms with Crippen LogP contribution in [0.3, 0.4) is 0 Å². The lowest BCUT2D eigenvalue weighted by atomic mass is 9.66. The second kappa shape index (κ2) is 6.10. The van der Waals surface area contributed by atoms with Crippen LogP contribution < -0.4 is 10.6 Å². The van der Waals surface area contributed by atoms with Crippen LogP contribution >= 0.6 is 0 Å². The number of halogens is 3. The molecule has 2 amide bonds. The van der Waals surface area contributed by atoms with Crippen molar-refractivity contribution >= 4 is 17.8 Å². The van der Waals surface area contributed by atoms with Crippen molar-refractivity contribution in [1.82, 2.24) is 10.6 Å². The minimum Gasteiger partial charge on any atom is -0.481 e. The van der Waals surface area contributed by atoms with Crippen molar-refractivity contribution in [2.45, 2.75) is 31.9 Å². The van der Waals surface area contributed by atoms with E-state index in [1.807, 2.05) is 0 Å². The summed E-state index contributed by atoms with van der Waals surface area (Å²) in [5.41, 5.74) is -1.09. The molecule has 0 aromatic rings. The molecule has 3 N–H and O–H groups in total. The fourth-order valence-corrected chi connectivity index (χ4v) is 1.88. The summed E-state index contributed by atoms with van der Waals surface area (Å²) in [6.07, 6.45) is -3.30. The summed E-state index contributed by atoms with van der Waals surface area (Å²) >= 11 is 0. The second-order valence-corrected chi connectivity index (χ2v) is 4.78. The van der Waals surface area contributed by atoms with Gasteiger partial charge in [0.05, 0.1) is 12.0 Å². The predicted octanol–water partition coefficient (Wildman–Crippen LogP) is 0.426. The van der Waals surface area contributed by atoms with Gasteiger partial charge in [0.1, 0.15) is 6.54 Å². The van der Waals surface area contributed by atoms with Gasteiger partial charge in [0, 0.05) is 6.42 Å². The molecular weight excluding hydrogens is 281 g/mol. The van der Waals surface area contributed by atoms with Gasteiger partial charge in [-0.05, 0) is 12.8 Å². The van der Waals surface area contributed by atoms with Gasteiger partial charge in [-0.1, -0.05) is 6.42 Å². The number of carbonyl (C=O) groups excluding carboxylic acids is 2. The highest BCUT2D eigenvalue weighted by Crippen LogP contribution is 2.44. The highest BCUT2D eigenvalue weighted by Gasteiger charge is 2.45. The van der Waals surface area contributed by atoms with E-state index in [2.05, 4.69) is 5.32 Å². The fourth-order valence-electron chi connectivity index (χ4n) is 1.88. The lowest BCUT2D eigenvalue weighted by Crippen LogP contribution is -2.45. The summed E-state index contributed by atoms with van der Waals surface area (Å²) < 4.78 is 35.4. The topological polar surface area (TPSA) is 95.5 Å². The molecule has 1 saturated carbocycles. The average molecular weight is 296 g/mol. The van der Waals surface area contributed by atoms with E-state index in [0.717, 1.165) is 0 Å². The van der Waals surface area contributed by atoms with Crippen LogP contribution in [0.5, 0.6) is 0 Å². The number of carbonyl (C=O) groups is 3. The molecule has 0 heterocycles. The summed E-state index contributed by atoms with van der Waals surface area (Å²) in [5, 5.41) is 12.7. The Labute approximate surface area is 112 Å². The Bertz CT molecular complexity index is 405. The van der Waals surface area contributed by atoms with Crippen LogP contribution in [0.15, 0.2) is 0 Å². The molecule has 1 rings (SSSR count). The Hall–Kier alpha value is -1.80. The first-order chi connectivity index (χ1) is 9.15. The molecule has 6 nitrogen and oxygen atoms in total. The second-order valence-electron chi connectivity index (χ2n) is 4.78. The Morgan fingerprint density at radius 2 is 1.70 bits per heavy atom. The van der Waals surface area contributed by atoms with Crippen LogP contribution in [0.25, 0.3) is 0 Å². The number of hydrogen-bond donors (Lipinski definition) is 3. The van der Waals surface area contributed by atoms with E-state index in [1.54, 1.807) is 5.32 Å². The van der Waals surface area contributed by atoms with Gasteiger partial charge in [-0.3, -0.25) is 14.4 Å². The lowest BCUT2D eigenvalue weighted by molar-refractivity contribution is -0.157. The third kappa shape index (κ3) is 4.71. The fraction of sp³-hybridized carbons (Fsp3) is 0.727. The Kier molecular flexibility index (Phi) is 4.96. The van der Waals surface area contributed by atoms with Gasteiger partial charge in [-0.2, -0.15) is 13.2 Å². The lowest BCUT2D eigenvalue weighted by Gasteiger charge is -2.36. The highest BCUT2D eigenvalue weighted by molar-refractivity contribution is 5.88. The van der Waals surface area contributed by atoms with Gasteiger partial charge < -0.3 is 15.7 Å². The normalized spacial score (nSPS) is 16.9. The van der Waals surface area contributed by atoms with Crippen molar-refractivity contribution in [2.24, 2.45) is 5.41 Å². The third-order valence-corrected chi connectivity index (χ3v) is 3.20. The molecule has 20 heavy (non-hydrogen) atoms. The molecule has 1 aliphatic carbocycles. The minimum absolute atomic E-state index is 0.269. The number of rotatable bonds is 6. The minimum atomic E-state index is -4.51. The van der Waals surface area contributed by atoms with Crippen LogP contribution in [0.4, 0.5) is 13.2 Å². The van der Waals surface area contributed by atoms with Crippen molar-refractivity contribution < 1.29 is 32.7 Å². The highest BCUT2D eigenvalue weighted by atomic mass is 19.4. The van der Waals surface area contributed by atoms with Crippen molar-refractivity contribution in [3.63, 3.8) is 0 Å². The predicted molar refractivity (Wildman–Crippen MR) is 60.6 cm³/mol. The van der Waals surface area contributed by atoms with E-state index >= 15 is 0 Å². The standard InChI is InChI=1S/C11H15F3N2O4/c12-11(13,14)6-16-8(18)5-15-7(17)4-10(9(19)20)2-1-3-10/h1-6H2,(H,15,17)(H,16,18)(H,19,20). The van der Waals surface area contributed by atoms with E-state index in [9.17, 15) is 27.6 Å². The number of carboxylic acids is 1. The quantitative estimate of drug-likeness (QED) is 0.662. The van der Waals surface area contributed by atoms with Gasteiger partial charge >= 0.3 is 12.1 Å². The molecular formula is C11H15F3N2O4. The van der Waals surface area contributed by atoms with E-state index < -0.39 is 42.5 Å². The molecule has 0 atom stereocenters. The first-order valence-corrected chi connectivity index (χ1v) is 5.98. The molecule has 9 heteroatoms. The van der Waals surface area contributed by atoms with Gasteiger partial charge in [-0.15, -0.1) is 0 Å². The zero-order valence-corrected chi connectivity index (χ0v) is 10.5. The SMILES string of the molecule is O=C(CNC(=O)CC1(C(=O)O)CCC1)NCC(F)(F)F. The van der Waals surface area contributed by atoms with Gasteiger partial charge in [-0.25, -0.2) is 0 Å². The van der Waals surface area contributed by atoms with E-state index in [-0.39, 0.29) is 6.42 Å². The Balaban J connectivity index is 2.30. The number of hydrogen-bond acceptors (Lipinski definition) is 3. The van der Waals surface area contributed by atoms with E-state index in [0.29, 0.717) is 19.3 Å². The molecule has 0 bridgehead atoms. The molecule has 0 aliphatic heterocycles. The summed E-state index contributed by atoms with van der Waals surface area (Å²) in [6, 6.07) is 0. The molecule has 0 radical (unpaired) electrons. The zero-order valence-electron chi connectivity index (χ0n) is 10.5. The molecule has 0 aromatic heterocycles. The summed E-state index contributed by atoms with van der Waals surface area (Å²) in [6.45, 7) is -2.08. The Morgan fingerprint density at radius 3 is 2.10 bits per heavy atom. The molecule has 0 spiro atoms. The summed E-state index contributed by atoms with van der Waals surface area (Å²) in [7, 11) is 0. The molecule has 0 saturated heterocycles. The van der Waals surface area contributed by atoms with Crippen LogP contribution in [0.2, 0.25) is 0 Å². The smallest absolute Gasteiger partial charge is 0.405 e. The maximum absolute atomic E-state index is 11.8. The van der Waals surface area contributed by atoms with Gasteiger partial charge in [0.25, 0.3) is 0 Å². The number of aliphatic carboxylic acids is 1. The van der Waals surface area contributed by atoms with Gasteiger partial charge in [0.2, 0.25) is 11.8 Å². The summed E-state index contributed by atoms with van der Waals surface area (Å²) in [5.74, 6) is -2.71. The molecule has 1 fully saturated rings. The molecule has 1 aliphatic rings. The van der Waals surface area contributed by atoms with Crippen LogP contribution in [0, 0.1) is 5.41 Å². The first-order valence-electron chi connectivity index (χ1n) is 5.98. The number of alkyl halides is 3.